The minimum Gasteiger partial charge on any atom is -0.477 e. The standard InChI is InChI=1S/C16H9NO4/c18-14-10-6-2-1-5-9(10)13(16(19)20)15-17(14)11-7-3-4-8-12(11)21-15/h1-8H,(H,19,20). The topological polar surface area (TPSA) is 71.9 Å². The number of hydrogen-bond donors (Lipinski definition) is 1. The Hall–Kier alpha value is -3.08. The average Bonchev–Trinajstić information content (AvgIpc) is 2.86. The number of fused-ring (bicyclic) bond motifs is 4. The summed E-state index contributed by atoms with van der Waals surface area (Å²) in [4.78, 5) is 24.3. The largest absolute Gasteiger partial charge is 0.477 e. The fourth-order valence-electron chi connectivity index (χ4n) is 2.68. The van der Waals surface area contributed by atoms with Gasteiger partial charge in [-0.15, -0.1) is 0 Å². The van der Waals surface area contributed by atoms with Crippen LogP contribution in [0.3, 0.4) is 0 Å². The maximum absolute atomic E-state index is 12.6. The third kappa shape index (κ3) is 1.45. The molecule has 0 spiro atoms. The van der Waals surface area contributed by atoms with Crippen molar-refractivity contribution in [3.8, 4) is 0 Å². The molecule has 0 aliphatic rings. The molecule has 0 saturated carbocycles. The predicted octanol–water partition coefficient (Wildman–Crippen LogP) is 2.90. The molecule has 0 fully saturated rings. The summed E-state index contributed by atoms with van der Waals surface area (Å²) in [6.45, 7) is 0. The summed E-state index contributed by atoms with van der Waals surface area (Å²) >= 11 is 0. The zero-order chi connectivity index (χ0) is 14.6. The first-order chi connectivity index (χ1) is 10.2. The van der Waals surface area contributed by atoms with Gasteiger partial charge >= 0.3 is 5.97 Å². The Morgan fingerprint density at radius 3 is 2.43 bits per heavy atom. The molecule has 102 valence electrons. The molecule has 0 amide bonds. The van der Waals surface area contributed by atoms with E-state index in [1.165, 1.54) is 4.40 Å². The fraction of sp³-hybridized carbons (Fsp3) is 0. The molecule has 0 atom stereocenters. The molecule has 0 unspecified atom stereocenters. The van der Waals surface area contributed by atoms with Gasteiger partial charge in [0.25, 0.3) is 5.56 Å². The quantitative estimate of drug-likeness (QED) is 0.581. The molecule has 0 aliphatic heterocycles. The number of rotatable bonds is 1. The van der Waals surface area contributed by atoms with Gasteiger partial charge in [0.2, 0.25) is 5.71 Å². The van der Waals surface area contributed by atoms with Crippen molar-refractivity contribution in [2.45, 2.75) is 0 Å². The van der Waals surface area contributed by atoms with Gasteiger partial charge in [0.05, 0.1) is 5.52 Å². The summed E-state index contributed by atoms with van der Waals surface area (Å²) in [6, 6.07) is 13.6. The highest BCUT2D eigenvalue weighted by Crippen LogP contribution is 2.26. The SMILES string of the molecule is O=C(O)c1c2ccccc2c(=O)n2c1oc1ccccc12. The number of pyridine rings is 1. The maximum Gasteiger partial charge on any atom is 0.341 e. The lowest BCUT2D eigenvalue weighted by molar-refractivity contribution is 0.0699. The van der Waals surface area contributed by atoms with Crippen molar-refractivity contribution < 1.29 is 14.3 Å². The van der Waals surface area contributed by atoms with Gasteiger partial charge in [-0.25, -0.2) is 9.20 Å². The second-order valence-electron chi connectivity index (χ2n) is 4.74. The molecule has 0 aliphatic carbocycles. The zero-order valence-electron chi connectivity index (χ0n) is 10.7. The number of carboxylic acid groups (broad SMARTS) is 1. The fourth-order valence-corrected chi connectivity index (χ4v) is 2.68. The zero-order valence-corrected chi connectivity index (χ0v) is 10.7. The first-order valence-corrected chi connectivity index (χ1v) is 6.37. The van der Waals surface area contributed by atoms with Crippen molar-refractivity contribution in [2.75, 3.05) is 0 Å². The van der Waals surface area contributed by atoms with Crippen molar-refractivity contribution in [2.24, 2.45) is 0 Å². The van der Waals surface area contributed by atoms with Crippen LogP contribution >= 0.6 is 0 Å². The van der Waals surface area contributed by atoms with Gasteiger partial charge in [0, 0.05) is 10.8 Å². The molecule has 2 aromatic carbocycles. The van der Waals surface area contributed by atoms with Crippen LogP contribution in [0.1, 0.15) is 10.4 Å². The van der Waals surface area contributed by atoms with E-state index in [0.717, 1.165) is 0 Å². The number of carboxylic acids is 1. The molecule has 2 aromatic heterocycles. The molecular weight excluding hydrogens is 270 g/mol. The number of aromatic nitrogens is 1. The number of nitrogens with zero attached hydrogens (tertiary/aromatic N) is 1. The van der Waals surface area contributed by atoms with E-state index in [-0.39, 0.29) is 16.8 Å². The van der Waals surface area contributed by atoms with Crippen molar-refractivity contribution in [3.05, 3.63) is 64.4 Å². The van der Waals surface area contributed by atoms with Gasteiger partial charge in [-0.1, -0.05) is 30.3 Å². The molecule has 0 radical (unpaired) electrons. The summed E-state index contributed by atoms with van der Waals surface area (Å²) in [7, 11) is 0. The molecule has 5 heteroatoms. The van der Waals surface area contributed by atoms with Gasteiger partial charge in [-0.3, -0.25) is 4.79 Å². The van der Waals surface area contributed by atoms with Crippen molar-refractivity contribution in [1.82, 2.24) is 4.40 Å². The van der Waals surface area contributed by atoms with Gasteiger partial charge < -0.3 is 9.52 Å². The minimum absolute atomic E-state index is 0.00130. The third-order valence-electron chi connectivity index (χ3n) is 3.57. The lowest BCUT2D eigenvalue weighted by Crippen LogP contribution is -2.16. The van der Waals surface area contributed by atoms with Gasteiger partial charge in [0.15, 0.2) is 5.58 Å². The Morgan fingerprint density at radius 2 is 1.67 bits per heavy atom. The van der Waals surface area contributed by atoms with Crippen LogP contribution in [-0.4, -0.2) is 15.5 Å². The van der Waals surface area contributed by atoms with Crippen LogP contribution in [0.25, 0.3) is 27.6 Å². The summed E-state index contributed by atoms with van der Waals surface area (Å²) in [6.07, 6.45) is 0. The van der Waals surface area contributed by atoms with E-state index in [1.807, 2.05) is 0 Å². The van der Waals surface area contributed by atoms with Crippen molar-refractivity contribution in [3.63, 3.8) is 0 Å². The van der Waals surface area contributed by atoms with E-state index in [2.05, 4.69) is 0 Å². The second-order valence-corrected chi connectivity index (χ2v) is 4.74. The van der Waals surface area contributed by atoms with E-state index < -0.39 is 5.97 Å². The summed E-state index contributed by atoms with van der Waals surface area (Å²) < 4.78 is 6.94. The minimum atomic E-state index is -1.12. The van der Waals surface area contributed by atoms with Crippen LogP contribution in [0, 0.1) is 0 Å². The number of hydrogen-bond acceptors (Lipinski definition) is 3. The normalized spacial score (nSPS) is 11.4. The van der Waals surface area contributed by atoms with Gasteiger partial charge in [0.1, 0.15) is 5.56 Å². The molecule has 21 heavy (non-hydrogen) atoms. The van der Waals surface area contributed by atoms with E-state index in [0.29, 0.717) is 21.9 Å². The number of oxazole rings is 1. The molecule has 4 rings (SSSR count). The lowest BCUT2D eigenvalue weighted by atomic mass is 10.1. The van der Waals surface area contributed by atoms with Gasteiger partial charge in [-0.2, -0.15) is 0 Å². The van der Waals surface area contributed by atoms with E-state index in [9.17, 15) is 14.7 Å². The maximum atomic E-state index is 12.6. The van der Waals surface area contributed by atoms with Crippen LogP contribution < -0.4 is 5.56 Å². The summed E-state index contributed by atoms with van der Waals surface area (Å²) in [5.74, 6) is -1.12. The number of benzene rings is 2. The van der Waals surface area contributed by atoms with Crippen LogP contribution in [0.2, 0.25) is 0 Å². The molecule has 0 saturated heterocycles. The highest BCUT2D eigenvalue weighted by atomic mass is 16.4. The van der Waals surface area contributed by atoms with E-state index >= 15 is 0 Å². The second kappa shape index (κ2) is 3.96. The molecule has 4 aromatic rings. The number of para-hydroxylation sites is 2. The number of aromatic carboxylic acids is 1. The average molecular weight is 279 g/mol. The van der Waals surface area contributed by atoms with E-state index in [4.69, 9.17) is 4.42 Å². The molecule has 0 bridgehead atoms. The lowest BCUT2D eigenvalue weighted by Gasteiger charge is -2.03. The van der Waals surface area contributed by atoms with Crippen molar-refractivity contribution in [1.29, 1.82) is 0 Å². The van der Waals surface area contributed by atoms with Crippen molar-refractivity contribution >= 4 is 33.6 Å². The monoisotopic (exact) mass is 279 g/mol. The number of carbonyl (C=O) groups is 1. The Labute approximate surface area is 117 Å². The highest BCUT2D eigenvalue weighted by molar-refractivity contribution is 6.09. The molecule has 1 N–H and O–H groups in total. The first kappa shape index (κ1) is 11.7. The third-order valence-corrected chi connectivity index (χ3v) is 3.57. The molecule has 5 nitrogen and oxygen atoms in total. The summed E-state index contributed by atoms with van der Waals surface area (Å²) in [5.41, 5.74) is 0.822. The molecular formula is C16H9NO4. The van der Waals surface area contributed by atoms with Crippen LogP contribution in [0.15, 0.2) is 57.7 Å². The Morgan fingerprint density at radius 1 is 1.00 bits per heavy atom. The Balaban J connectivity index is 2.43. The predicted molar refractivity (Wildman–Crippen MR) is 77.9 cm³/mol. The van der Waals surface area contributed by atoms with Crippen LogP contribution in [-0.2, 0) is 0 Å². The van der Waals surface area contributed by atoms with Crippen LogP contribution in [0.4, 0.5) is 0 Å². The Kier molecular flexibility index (Phi) is 2.21. The smallest absolute Gasteiger partial charge is 0.341 e. The first-order valence-electron chi connectivity index (χ1n) is 6.37. The van der Waals surface area contributed by atoms with Gasteiger partial charge in [-0.05, 0) is 18.2 Å². The highest BCUT2D eigenvalue weighted by Gasteiger charge is 2.21. The molecule has 2 heterocycles. The summed E-state index contributed by atoms with van der Waals surface area (Å²) in [5, 5.41) is 10.3. The van der Waals surface area contributed by atoms with Crippen LogP contribution in [0.5, 0.6) is 0 Å². The van der Waals surface area contributed by atoms with E-state index in [1.54, 1.807) is 48.5 Å². The Bertz CT molecular complexity index is 1090.